The molecule has 3 N–H and O–H groups in total. The Kier molecular flexibility index (Phi) is 6.06. The zero-order valence-electron chi connectivity index (χ0n) is 12.4. The fourth-order valence-electron chi connectivity index (χ4n) is 2.77. The first-order valence-corrected chi connectivity index (χ1v) is 7.59. The molecule has 1 saturated carbocycles. The van der Waals surface area contributed by atoms with Gasteiger partial charge in [-0.05, 0) is 12.8 Å². The number of hydrogen-bond donors (Lipinski definition) is 2. The lowest BCUT2D eigenvalue weighted by molar-refractivity contribution is -0.174. The van der Waals surface area contributed by atoms with Crippen LogP contribution in [0.25, 0.3) is 0 Å². The molecule has 1 saturated heterocycles. The van der Waals surface area contributed by atoms with Gasteiger partial charge in [-0.3, -0.25) is 4.99 Å². The minimum Gasteiger partial charge on any atom is -0.383 e. The maximum absolute atomic E-state index is 6.11. The monoisotopic (exact) mass is 285 g/mol. The summed E-state index contributed by atoms with van der Waals surface area (Å²) in [6, 6.07) is 0. The maximum atomic E-state index is 6.11. The molecule has 2 rings (SSSR count). The van der Waals surface area contributed by atoms with E-state index in [0.717, 1.165) is 12.8 Å². The molecule has 6 heteroatoms. The first-order valence-electron chi connectivity index (χ1n) is 7.59. The van der Waals surface area contributed by atoms with Crippen molar-refractivity contribution in [2.75, 3.05) is 33.4 Å². The fourth-order valence-corrected chi connectivity index (χ4v) is 2.77. The summed E-state index contributed by atoms with van der Waals surface area (Å²) in [4.78, 5) is 4.30. The molecule has 1 atom stereocenters. The molecule has 2 fully saturated rings. The summed E-state index contributed by atoms with van der Waals surface area (Å²) in [6.45, 7) is 2.45. The third-order valence-corrected chi connectivity index (χ3v) is 3.86. The highest BCUT2D eigenvalue weighted by atomic mass is 16.7. The van der Waals surface area contributed by atoms with E-state index in [2.05, 4.69) is 10.3 Å². The number of hydrogen-bond acceptors (Lipinski definition) is 4. The minimum atomic E-state index is -0.338. The van der Waals surface area contributed by atoms with Gasteiger partial charge in [-0.25, -0.2) is 0 Å². The van der Waals surface area contributed by atoms with Gasteiger partial charge in [0.25, 0.3) is 0 Å². The van der Waals surface area contributed by atoms with E-state index in [1.165, 1.54) is 25.7 Å². The first-order chi connectivity index (χ1) is 9.74. The van der Waals surface area contributed by atoms with Crippen molar-refractivity contribution in [3.05, 3.63) is 0 Å². The Balaban J connectivity index is 1.73. The van der Waals surface area contributed by atoms with Gasteiger partial charge in [0, 0.05) is 26.5 Å². The first kappa shape index (κ1) is 15.5. The lowest BCUT2D eigenvalue weighted by Gasteiger charge is -2.26. The molecule has 1 aliphatic heterocycles. The molecule has 2 aliphatic rings. The van der Waals surface area contributed by atoms with Crippen LogP contribution in [0.15, 0.2) is 4.99 Å². The van der Waals surface area contributed by atoms with Gasteiger partial charge in [-0.2, -0.15) is 0 Å². The van der Waals surface area contributed by atoms with Crippen molar-refractivity contribution in [1.82, 2.24) is 5.32 Å². The van der Waals surface area contributed by atoms with Gasteiger partial charge in [0.2, 0.25) is 0 Å². The predicted molar refractivity (Wildman–Crippen MR) is 77.6 cm³/mol. The van der Waals surface area contributed by atoms with E-state index in [0.29, 0.717) is 32.3 Å². The number of nitrogens with two attached hydrogens (primary N) is 1. The van der Waals surface area contributed by atoms with E-state index in [1.54, 1.807) is 7.11 Å². The minimum absolute atomic E-state index is 0.0240. The molecule has 0 radical (unpaired) electrons. The molecule has 0 aromatic heterocycles. The van der Waals surface area contributed by atoms with Gasteiger partial charge in [0.1, 0.15) is 6.10 Å². The van der Waals surface area contributed by atoms with Crippen molar-refractivity contribution in [1.29, 1.82) is 0 Å². The number of methoxy groups -OCH3 is 1. The quantitative estimate of drug-likeness (QED) is 0.448. The Morgan fingerprint density at radius 1 is 1.35 bits per heavy atom. The Morgan fingerprint density at radius 3 is 2.80 bits per heavy atom. The summed E-state index contributed by atoms with van der Waals surface area (Å²) < 4.78 is 17.0. The summed E-state index contributed by atoms with van der Waals surface area (Å²) in [7, 11) is 1.66. The van der Waals surface area contributed by atoms with Gasteiger partial charge in [0.15, 0.2) is 11.7 Å². The molecular weight excluding hydrogens is 258 g/mol. The number of nitrogens with zero attached hydrogens (tertiary/aromatic N) is 1. The highest BCUT2D eigenvalue weighted by Crippen LogP contribution is 2.36. The highest BCUT2D eigenvalue weighted by molar-refractivity contribution is 5.77. The summed E-state index contributed by atoms with van der Waals surface area (Å²) in [5, 5.41) is 2.99. The molecule has 1 unspecified atom stereocenters. The summed E-state index contributed by atoms with van der Waals surface area (Å²) >= 11 is 0. The van der Waals surface area contributed by atoms with Crippen molar-refractivity contribution in [2.45, 2.75) is 50.4 Å². The van der Waals surface area contributed by atoms with E-state index in [1.807, 2.05) is 0 Å². The summed E-state index contributed by atoms with van der Waals surface area (Å²) in [5.41, 5.74) is 5.77. The second-order valence-electron chi connectivity index (χ2n) is 5.52. The number of rotatable bonds is 5. The van der Waals surface area contributed by atoms with Crippen LogP contribution in [-0.4, -0.2) is 51.3 Å². The van der Waals surface area contributed by atoms with Crippen LogP contribution in [0.5, 0.6) is 0 Å². The Morgan fingerprint density at radius 2 is 2.10 bits per heavy atom. The Bertz CT molecular complexity index is 315. The van der Waals surface area contributed by atoms with Crippen LogP contribution in [0, 0.1) is 0 Å². The molecule has 0 bridgehead atoms. The van der Waals surface area contributed by atoms with Crippen LogP contribution in [0.1, 0.15) is 38.5 Å². The fraction of sp³-hybridized carbons (Fsp3) is 0.929. The van der Waals surface area contributed by atoms with Crippen LogP contribution in [0.2, 0.25) is 0 Å². The molecule has 1 aliphatic carbocycles. The summed E-state index contributed by atoms with van der Waals surface area (Å²) in [5.74, 6) is 0.0991. The van der Waals surface area contributed by atoms with Crippen molar-refractivity contribution >= 4 is 5.96 Å². The van der Waals surface area contributed by atoms with Crippen LogP contribution in [-0.2, 0) is 14.2 Å². The largest absolute Gasteiger partial charge is 0.383 e. The Hall–Kier alpha value is -0.850. The molecule has 0 aromatic carbocycles. The molecule has 6 nitrogen and oxygen atoms in total. The van der Waals surface area contributed by atoms with Gasteiger partial charge in [0.05, 0.1) is 19.8 Å². The molecule has 116 valence electrons. The zero-order valence-corrected chi connectivity index (χ0v) is 12.4. The molecule has 1 heterocycles. The maximum Gasteiger partial charge on any atom is 0.188 e. The standard InChI is InChI=1S/C14H27N3O3/c1-18-9-8-16-13(15)17-10-12-11-19-14(20-12)6-4-2-3-5-7-14/h12H,2-11H2,1H3,(H3,15,16,17). The smallest absolute Gasteiger partial charge is 0.188 e. The average molecular weight is 285 g/mol. The van der Waals surface area contributed by atoms with Crippen molar-refractivity contribution < 1.29 is 14.2 Å². The summed E-state index contributed by atoms with van der Waals surface area (Å²) in [6.07, 6.45) is 6.99. The highest BCUT2D eigenvalue weighted by Gasteiger charge is 2.41. The number of ether oxygens (including phenoxy) is 3. The van der Waals surface area contributed by atoms with Gasteiger partial charge < -0.3 is 25.3 Å². The topological polar surface area (TPSA) is 78.1 Å². The number of aliphatic imine (C=N–C) groups is 1. The van der Waals surface area contributed by atoms with E-state index in [-0.39, 0.29) is 11.9 Å². The zero-order chi connectivity index (χ0) is 14.3. The van der Waals surface area contributed by atoms with Gasteiger partial charge in [-0.15, -0.1) is 0 Å². The van der Waals surface area contributed by atoms with Crippen LogP contribution in [0.3, 0.4) is 0 Å². The average Bonchev–Trinajstić information content (AvgIpc) is 2.69. The normalized spacial score (nSPS) is 26.6. The second kappa shape index (κ2) is 7.81. The van der Waals surface area contributed by atoms with E-state index in [9.17, 15) is 0 Å². The van der Waals surface area contributed by atoms with Gasteiger partial charge >= 0.3 is 0 Å². The van der Waals surface area contributed by atoms with Crippen molar-refractivity contribution in [2.24, 2.45) is 10.7 Å². The van der Waals surface area contributed by atoms with Crippen molar-refractivity contribution in [3.63, 3.8) is 0 Å². The Labute approximate surface area is 121 Å². The SMILES string of the molecule is COCCNC(N)=NCC1COC2(CCCCCC2)O1. The third-order valence-electron chi connectivity index (χ3n) is 3.86. The number of nitrogens with one attached hydrogen (secondary N) is 1. The lowest BCUT2D eigenvalue weighted by Crippen LogP contribution is -2.35. The van der Waals surface area contributed by atoms with Gasteiger partial charge in [-0.1, -0.05) is 12.8 Å². The van der Waals surface area contributed by atoms with Crippen molar-refractivity contribution in [3.8, 4) is 0 Å². The van der Waals surface area contributed by atoms with E-state index < -0.39 is 0 Å². The van der Waals surface area contributed by atoms with Crippen LogP contribution < -0.4 is 11.1 Å². The molecular formula is C14H27N3O3. The number of guanidine groups is 1. The second-order valence-corrected chi connectivity index (χ2v) is 5.52. The van der Waals surface area contributed by atoms with E-state index in [4.69, 9.17) is 19.9 Å². The van der Waals surface area contributed by atoms with E-state index >= 15 is 0 Å². The molecule has 0 aromatic rings. The lowest BCUT2D eigenvalue weighted by atomic mass is 10.1. The molecule has 1 spiro atoms. The molecule has 0 amide bonds. The molecule has 20 heavy (non-hydrogen) atoms. The van der Waals surface area contributed by atoms with Crippen LogP contribution >= 0.6 is 0 Å². The van der Waals surface area contributed by atoms with Crippen LogP contribution in [0.4, 0.5) is 0 Å². The third kappa shape index (κ3) is 4.61. The predicted octanol–water partition coefficient (Wildman–Crippen LogP) is 1.00.